The van der Waals surface area contributed by atoms with Gasteiger partial charge >= 0.3 is 0 Å². The van der Waals surface area contributed by atoms with Crippen molar-refractivity contribution in [3.05, 3.63) is 65.1 Å². The second kappa shape index (κ2) is 8.56. The van der Waals surface area contributed by atoms with Crippen molar-refractivity contribution in [1.82, 2.24) is 14.5 Å². The molecule has 0 saturated carbocycles. The van der Waals surface area contributed by atoms with Crippen LogP contribution in [0.5, 0.6) is 0 Å². The second-order valence-corrected chi connectivity index (χ2v) is 7.98. The Balaban J connectivity index is 1.69. The SMILES string of the molecule is O=S(=O)(NCC(OCCO)c1ccsc1)c1ccc(-n2cccn2)cc1. The first-order chi connectivity index (χ1) is 12.6. The Bertz CT molecular complexity index is 892. The van der Waals surface area contributed by atoms with Gasteiger partial charge in [-0.3, -0.25) is 0 Å². The van der Waals surface area contributed by atoms with Gasteiger partial charge in [-0.2, -0.15) is 16.4 Å². The largest absolute Gasteiger partial charge is 0.394 e. The third-order valence-corrected chi connectivity index (χ3v) is 5.84. The van der Waals surface area contributed by atoms with E-state index in [4.69, 9.17) is 9.84 Å². The lowest BCUT2D eigenvalue weighted by Gasteiger charge is -2.17. The highest BCUT2D eigenvalue weighted by atomic mass is 32.2. The van der Waals surface area contributed by atoms with Crippen LogP contribution in [0, 0.1) is 0 Å². The fourth-order valence-electron chi connectivity index (χ4n) is 2.39. The van der Waals surface area contributed by atoms with E-state index < -0.39 is 16.1 Å². The molecule has 3 aromatic rings. The number of aromatic nitrogens is 2. The number of thiophene rings is 1. The van der Waals surface area contributed by atoms with Gasteiger partial charge in [0, 0.05) is 18.9 Å². The predicted molar refractivity (Wildman–Crippen MR) is 98.9 cm³/mol. The van der Waals surface area contributed by atoms with Gasteiger partial charge in [0.1, 0.15) is 0 Å². The molecular weight excluding hydrogens is 374 g/mol. The van der Waals surface area contributed by atoms with Crippen LogP contribution in [0.3, 0.4) is 0 Å². The molecule has 0 amide bonds. The average molecular weight is 393 g/mol. The molecule has 0 aliphatic heterocycles. The summed E-state index contributed by atoms with van der Waals surface area (Å²) in [6.45, 7) is 0.100. The quantitative estimate of drug-likeness (QED) is 0.580. The Morgan fingerprint density at radius 3 is 2.69 bits per heavy atom. The van der Waals surface area contributed by atoms with Crippen LogP contribution >= 0.6 is 11.3 Å². The zero-order chi connectivity index (χ0) is 18.4. The number of aliphatic hydroxyl groups excluding tert-OH is 1. The molecule has 138 valence electrons. The number of sulfonamides is 1. The van der Waals surface area contributed by atoms with E-state index in [1.807, 2.05) is 16.8 Å². The molecule has 0 radical (unpaired) electrons. The Morgan fingerprint density at radius 1 is 1.27 bits per heavy atom. The highest BCUT2D eigenvalue weighted by Crippen LogP contribution is 2.20. The molecule has 0 aliphatic rings. The van der Waals surface area contributed by atoms with Gasteiger partial charge in [0.2, 0.25) is 10.0 Å². The van der Waals surface area contributed by atoms with E-state index in [2.05, 4.69) is 9.82 Å². The van der Waals surface area contributed by atoms with Crippen LogP contribution in [-0.4, -0.2) is 43.1 Å². The Hall–Kier alpha value is -2.04. The van der Waals surface area contributed by atoms with Crippen molar-refractivity contribution in [1.29, 1.82) is 0 Å². The van der Waals surface area contributed by atoms with E-state index >= 15 is 0 Å². The predicted octanol–water partition coefficient (Wildman–Crippen LogP) is 1.96. The Morgan fingerprint density at radius 2 is 2.08 bits per heavy atom. The third kappa shape index (κ3) is 4.57. The Kier molecular flexibility index (Phi) is 6.17. The molecule has 0 fully saturated rings. The fourth-order valence-corrected chi connectivity index (χ4v) is 4.13. The lowest BCUT2D eigenvalue weighted by molar-refractivity contribution is 0.0311. The van der Waals surface area contributed by atoms with Crippen LogP contribution in [0.1, 0.15) is 11.7 Å². The van der Waals surface area contributed by atoms with Crippen molar-refractivity contribution < 1.29 is 18.3 Å². The summed E-state index contributed by atoms with van der Waals surface area (Å²) in [6, 6.07) is 10.1. The molecule has 3 rings (SSSR count). The molecule has 26 heavy (non-hydrogen) atoms. The summed E-state index contributed by atoms with van der Waals surface area (Å²) in [5.41, 5.74) is 1.65. The van der Waals surface area contributed by atoms with Gasteiger partial charge in [0.25, 0.3) is 0 Å². The zero-order valence-corrected chi connectivity index (χ0v) is 15.5. The lowest BCUT2D eigenvalue weighted by atomic mass is 10.2. The summed E-state index contributed by atoms with van der Waals surface area (Å²) in [5, 5.41) is 16.9. The molecule has 1 aromatic carbocycles. The first-order valence-corrected chi connectivity index (χ1v) is 10.4. The summed E-state index contributed by atoms with van der Waals surface area (Å²) in [7, 11) is -3.68. The van der Waals surface area contributed by atoms with E-state index in [0.29, 0.717) is 0 Å². The van der Waals surface area contributed by atoms with Crippen molar-refractivity contribution in [2.75, 3.05) is 19.8 Å². The van der Waals surface area contributed by atoms with Gasteiger partial charge in [-0.05, 0) is 52.7 Å². The number of rotatable bonds is 9. The lowest BCUT2D eigenvalue weighted by Crippen LogP contribution is -2.30. The van der Waals surface area contributed by atoms with Gasteiger partial charge in [-0.25, -0.2) is 17.8 Å². The van der Waals surface area contributed by atoms with E-state index in [1.165, 1.54) is 23.5 Å². The minimum Gasteiger partial charge on any atom is -0.394 e. The maximum atomic E-state index is 12.5. The second-order valence-electron chi connectivity index (χ2n) is 5.44. The highest BCUT2D eigenvalue weighted by Gasteiger charge is 2.19. The molecule has 2 aromatic heterocycles. The molecule has 2 N–H and O–H groups in total. The van der Waals surface area contributed by atoms with Crippen molar-refractivity contribution in [2.45, 2.75) is 11.0 Å². The summed E-state index contributed by atoms with van der Waals surface area (Å²) < 4.78 is 34.9. The molecule has 0 spiro atoms. The van der Waals surface area contributed by atoms with Gasteiger partial charge in [-0.15, -0.1) is 0 Å². The van der Waals surface area contributed by atoms with Crippen LogP contribution in [0.2, 0.25) is 0 Å². The summed E-state index contributed by atoms with van der Waals surface area (Å²) in [6.07, 6.45) is 2.99. The normalized spacial score (nSPS) is 13.0. The van der Waals surface area contributed by atoms with E-state index in [1.54, 1.807) is 35.3 Å². The van der Waals surface area contributed by atoms with E-state index in [0.717, 1.165) is 11.3 Å². The fraction of sp³-hybridized carbons (Fsp3) is 0.235. The van der Waals surface area contributed by atoms with Crippen LogP contribution < -0.4 is 4.72 Å². The smallest absolute Gasteiger partial charge is 0.240 e. The number of nitrogens with zero attached hydrogens (tertiary/aromatic N) is 2. The topological polar surface area (TPSA) is 93.5 Å². The molecule has 0 bridgehead atoms. The first kappa shape index (κ1) is 18.7. The number of hydrogen-bond donors (Lipinski definition) is 2. The Labute approximate surface area is 155 Å². The third-order valence-electron chi connectivity index (χ3n) is 3.70. The number of benzene rings is 1. The zero-order valence-electron chi connectivity index (χ0n) is 13.9. The maximum absolute atomic E-state index is 12.5. The number of hydrogen-bond acceptors (Lipinski definition) is 6. The van der Waals surface area contributed by atoms with Crippen LogP contribution in [0.4, 0.5) is 0 Å². The van der Waals surface area contributed by atoms with Crippen molar-refractivity contribution in [2.24, 2.45) is 0 Å². The molecule has 9 heteroatoms. The summed E-state index contributed by atoms with van der Waals surface area (Å²) in [5.74, 6) is 0. The number of nitrogens with one attached hydrogen (secondary N) is 1. The molecular formula is C17H19N3O4S2. The van der Waals surface area contributed by atoms with Crippen molar-refractivity contribution >= 4 is 21.4 Å². The maximum Gasteiger partial charge on any atom is 0.240 e. The van der Waals surface area contributed by atoms with Gasteiger partial charge in [0.15, 0.2) is 0 Å². The van der Waals surface area contributed by atoms with E-state index in [9.17, 15) is 8.42 Å². The van der Waals surface area contributed by atoms with E-state index in [-0.39, 0.29) is 24.7 Å². The highest BCUT2D eigenvalue weighted by molar-refractivity contribution is 7.89. The monoisotopic (exact) mass is 393 g/mol. The molecule has 7 nitrogen and oxygen atoms in total. The summed E-state index contributed by atoms with van der Waals surface area (Å²) >= 11 is 1.50. The van der Waals surface area contributed by atoms with Crippen LogP contribution in [0.15, 0.2) is 64.4 Å². The molecule has 2 heterocycles. The minimum atomic E-state index is -3.68. The van der Waals surface area contributed by atoms with Crippen LogP contribution in [0.25, 0.3) is 5.69 Å². The molecule has 1 unspecified atom stereocenters. The van der Waals surface area contributed by atoms with Gasteiger partial charge in [0.05, 0.1) is 29.9 Å². The van der Waals surface area contributed by atoms with Crippen LogP contribution in [-0.2, 0) is 14.8 Å². The molecule has 0 saturated heterocycles. The van der Waals surface area contributed by atoms with Gasteiger partial charge < -0.3 is 9.84 Å². The molecule has 1 atom stereocenters. The van der Waals surface area contributed by atoms with Crippen molar-refractivity contribution in [3.8, 4) is 5.69 Å². The first-order valence-electron chi connectivity index (χ1n) is 7.94. The minimum absolute atomic E-state index is 0.0833. The van der Waals surface area contributed by atoms with Crippen molar-refractivity contribution in [3.63, 3.8) is 0 Å². The number of ether oxygens (including phenoxy) is 1. The number of aliphatic hydroxyl groups is 1. The standard InChI is InChI=1S/C17H19N3O4S2/c21-9-10-24-17(14-6-11-25-13-14)12-19-26(22,23)16-4-2-15(3-5-16)20-8-1-7-18-20/h1-8,11,13,17,19,21H,9-10,12H2. The average Bonchev–Trinajstić information content (AvgIpc) is 3.36. The molecule has 0 aliphatic carbocycles. The van der Waals surface area contributed by atoms with Gasteiger partial charge in [-0.1, -0.05) is 0 Å². The summed E-state index contributed by atoms with van der Waals surface area (Å²) in [4.78, 5) is 0.166.